The van der Waals surface area contributed by atoms with Crippen LogP contribution in [0.25, 0.3) is 0 Å². The minimum absolute atomic E-state index is 0.0238. The Morgan fingerprint density at radius 2 is 1.93 bits per heavy atom. The van der Waals surface area contributed by atoms with Gasteiger partial charge in [0.25, 0.3) is 0 Å². The number of ether oxygens (including phenoxy) is 1. The van der Waals surface area contributed by atoms with E-state index in [0.717, 1.165) is 22.5 Å². The van der Waals surface area contributed by atoms with Crippen molar-refractivity contribution in [2.75, 3.05) is 0 Å². The van der Waals surface area contributed by atoms with Gasteiger partial charge in [-0.15, -0.1) is 0 Å². The van der Waals surface area contributed by atoms with Crippen LogP contribution in [0.3, 0.4) is 0 Å². The molecule has 1 aromatic carbocycles. The maximum Gasteiger partial charge on any atom is 0.419 e. The minimum atomic E-state index is -4.34. The van der Waals surface area contributed by atoms with Gasteiger partial charge in [-0.2, -0.15) is 13.2 Å². The molecule has 0 bridgehead atoms. The molecule has 1 aliphatic carbocycles. The Morgan fingerprint density at radius 3 is 2.47 bits per heavy atom. The fraction of sp³-hybridized carbons (Fsp3) is 0.400. The molecule has 82 valence electrons. The summed E-state index contributed by atoms with van der Waals surface area (Å²) in [6.45, 7) is 0. The summed E-state index contributed by atoms with van der Waals surface area (Å²) in [7, 11) is 0. The fourth-order valence-corrected chi connectivity index (χ4v) is 1.66. The quantitative estimate of drug-likeness (QED) is 0.750. The molecular weight excluding hydrogens is 320 g/mol. The zero-order valence-electron chi connectivity index (χ0n) is 7.64. The van der Waals surface area contributed by atoms with Crippen molar-refractivity contribution >= 4 is 22.6 Å². The lowest BCUT2D eigenvalue weighted by Crippen LogP contribution is -2.09. The van der Waals surface area contributed by atoms with Gasteiger partial charge in [-0.05, 0) is 53.6 Å². The molecule has 0 atom stereocenters. The third-order valence-electron chi connectivity index (χ3n) is 2.07. The molecule has 15 heavy (non-hydrogen) atoms. The van der Waals surface area contributed by atoms with Crippen LogP contribution in [-0.2, 0) is 6.18 Å². The summed E-state index contributed by atoms with van der Waals surface area (Å²) in [6.07, 6.45) is -2.66. The molecule has 2 rings (SSSR count). The van der Waals surface area contributed by atoms with Crippen molar-refractivity contribution in [3.05, 3.63) is 27.3 Å². The average Bonchev–Trinajstić information content (AvgIpc) is 2.85. The van der Waals surface area contributed by atoms with Gasteiger partial charge in [0.15, 0.2) is 0 Å². The van der Waals surface area contributed by atoms with E-state index in [1.807, 2.05) is 22.6 Å². The van der Waals surface area contributed by atoms with Crippen LogP contribution in [-0.4, -0.2) is 6.10 Å². The van der Waals surface area contributed by atoms with Gasteiger partial charge in [0.2, 0.25) is 0 Å². The van der Waals surface area contributed by atoms with Gasteiger partial charge in [-0.25, -0.2) is 0 Å². The number of halogens is 4. The third kappa shape index (κ3) is 2.76. The Balaban J connectivity index is 2.34. The molecule has 0 spiro atoms. The molecular formula is C10H8F3IO. The summed E-state index contributed by atoms with van der Waals surface area (Å²) in [5.41, 5.74) is -0.685. The highest BCUT2D eigenvalue weighted by molar-refractivity contribution is 14.1. The zero-order chi connectivity index (χ0) is 11.1. The highest BCUT2D eigenvalue weighted by Gasteiger charge is 2.36. The monoisotopic (exact) mass is 328 g/mol. The molecule has 0 N–H and O–H groups in total. The Morgan fingerprint density at radius 1 is 1.27 bits per heavy atom. The van der Waals surface area contributed by atoms with Crippen LogP contribution >= 0.6 is 22.6 Å². The molecule has 0 aromatic heterocycles. The van der Waals surface area contributed by atoms with Gasteiger partial charge in [-0.1, -0.05) is 0 Å². The first kappa shape index (κ1) is 11.0. The third-order valence-corrected chi connectivity index (χ3v) is 2.74. The predicted molar refractivity (Wildman–Crippen MR) is 57.8 cm³/mol. The largest absolute Gasteiger partial charge is 0.490 e. The van der Waals surface area contributed by atoms with Crippen molar-refractivity contribution < 1.29 is 17.9 Å². The Kier molecular flexibility index (Phi) is 2.83. The number of hydrogen-bond acceptors (Lipinski definition) is 1. The first-order chi connectivity index (χ1) is 6.97. The summed E-state index contributed by atoms with van der Waals surface area (Å²) >= 11 is 1.97. The molecule has 0 aliphatic heterocycles. The second kappa shape index (κ2) is 3.84. The Labute approximate surface area is 98.8 Å². The topological polar surface area (TPSA) is 9.23 Å². The first-order valence-corrected chi connectivity index (χ1v) is 5.58. The molecule has 1 saturated carbocycles. The van der Waals surface area contributed by atoms with Crippen LogP contribution in [0.4, 0.5) is 13.2 Å². The van der Waals surface area contributed by atoms with Crippen molar-refractivity contribution in [3.8, 4) is 5.75 Å². The highest BCUT2D eigenvalue weighted by Crippen LogP contribution is 2.39. The number of alkyl halides is 3. The van der Waals surface area contributed by atoms with Crippen LogP contribution < -0.4 is 4.74 Å². The van der Waals surface area contributed by atoms with Gasteiger partial charge in [0.05, 0.1) is 11.7 Å². The van der Waals surface area contributed by atoms with Gasteiger partial charge < -0.3 is 4.74 Å². The lowest BCUT2D eigenvalue weighted by Gasteiger charge is -2.13. The molecule has 0 heterocycles. The predicted octanol–water partition coefficient (Wildman–Crippen LogP) is 3.85. The Hall–Kier alpha value is -0.460. The standard InChI is InChI=1S/C10H8F3IO/c11-10(12,13)8-4-1-6(14)5-9(8)15-7-2-3-7/h1,4-5,7H,2-3H2. The lowest BCUT2D eigenvalue weighted by atomic mass is 10.2. The molecule has 1 aliphatic rings. The average molecular weight is 328 g/mol. The zero-order valence-corrected chi connectivity index (χ0v) is 9.80. The summed E-state index contributed by atoms with van der Waals surface area (Å²) in [5, 5.41) is 0. The molecule has 1 aromatic rings. The number of benzene rings is 1. The number of hydrogen-bond donors (Lipinski definition) is 0. The minimum Gasteiger partial charge on any atom is -0.490 e. The van der Waals surface area contributed by atoms with Gasteiger partial charge in [0, 0.05) is 3.57 Å². The molecule has 0 radical (unpaired) electrons. The first-order valence-electron chi connectivity index (χ1n) is 4.50. The smallest absolute Gasteiger partial charge is 0.419 e. The Bertz CT molecular complexity index is 371. The van der Waals surface area contributed by atoms with Crippen molar-refractivity contribution in [2.45, 2.75) is 25.1 Å². The van der Waals surface area contributed by atoms with Crippen LogP contribution in [0, 0.1) is 3.57 Å². The van der Waals surface area contributed by atoms with Gasteiger partial charge in [0.1, 0.15) is 5.75 Å². The van der Waals surface area contributed by atoms with Crippen molar-refractivity contribution in [2.24, 2.45) is 0 Å². The fourth-order valence-electron chi connectivity index (χ4n) is 1.19. The van der Waals surface area contributed by atoms with E-state index in [9.17, 15) is 13.2 Å². The van der Waals surface area contributed by atoms with E-state index >= 15 is 0 Å². The molecule has 1 nitrogen and oxygen atoms in total. The second-order valence-corrected chi connectivity index (χ2v) is 4.70. The molecule has 0 saturated heterocycles. The molecule has 1 fully saturated rings. The maximum atomic E-state index is 12.6. The van der Waals surface area contributed by atoms with E-state index in [2.05, 4.69) is 0 Å². The van der Waals surface area contributed by atoms with Gasteiger partial charge in [-0.3, -0.25) is 0 Å². The van der Waals surface area contributed by atoms with Crippen molar-refractivity contribution in [1.29, 1.82) is 0 Å². The van der Waals surface area contributed by atoms with Gasteiger partial charge >= 0.3 is 6.18 Å². The summed E-state index contributed by atoms with van der Waals surface area (Å²) in [6, 6.07) is 3.93. The SMILES string of the molecule is FC(F)(F)c1ccc(I)cc1OC1CC1. The van der Waals surface area contributed by atoms with E-state index in [1.165, 1.54) is 12.1 Å². The molecule has 5 heteroatoms. The van der Waals surface area contributed by atoms with Crippen LogP contribution in [0.2, 0.25) is 0 Å². The van der Waals surface area contributed by atoms with E-state index in [-0.39, 0.29) is 11.9 Å². The summed E-state index contributed by atoms with van der Waals surface area (Å²) in [5.74, 6) is -0.0445. The number of rotatable bonds is 2. The lowest BCUT2D eigenvalue weighted by molar-refractivity contribution is -0.139. The summed E-state index contributed by atoms with van der Waals surface area (Å²) in [4.78, 5) is 0. The van der Waals surface area contributed by atoms with E-state index in [0.29, 0.717) is 0 Å². The normalized spacial score (nSPS) is 16.5. The van der Waals surface area contributed by atoms with Crippen molar-refractivity contribution in [3.63, 3.8) is 0 Å². The molecule has 0 unspecified atom stereocenters. The van der Waals surface area contributed by atoms with Crippen LogP contribution in [0.1, 0.15) is 18.4 Å². The van der Waals surface area contributed by atoms with Crippen LogP contribution in [0.5, 0.6) is 5.75 Å². The summed E-state index contributed by atoms with van der Waals surface area (Å²) < 4.78 is 43.7. The van der Waals surface area contributed by atoms with E-state index in [4.69, 9.17) is 4.74 Å². The van der Waals surface area contributed by atoms with Crippen molar-refractivity contribution in [1.82, 2.24) is 0 Å². The molecule has 0 amide bonds. The highest BCUT2D eigenvalue weighted by atomic mass is 127. The maximum absolute atomic E-state index is 12.6. The van der Waals surface area contributed by atoms with E-state index < -0.39 is 11.7 Å². The second-order valence-electron chi connectivity index (χ2n) is 3.46. The van der Waals surface area contributed by atoms with Crippen LogP contribution in [0.15, 0.2) is 18.2 Å². The van der Waals surface area contributed by atoms with E-state index in [1.54, 1.807) is 0 Å².